The third-order valence-corrected chi connectivity index (χ3v) is 5.67. The number of fused-ring (bicyclic) bond motifs is 1. The number of hydrogen-bond donors (Lipinski definition) is 4. The standard InChI is InChI=1S/C18H16N4O5S/c23-6-12-13(24)14(25)15(26-12)18-20-11(7-28-18)17-21-16(22-27-17)9-1-2-10-8(5-9)3-4-19-10/h1-5,7,12-15,19,23-25H,6H2/t12-,13-,14-,15-/m1/s1. The first kappa shape index (κ1) is 17.5. The van der Waals surface area contributed by atoms with Crippen molar-refractivity contribution in [1.29, 1.82) is 0 Å². The van der Waals surface area contributed by atoms with Gasteiger partial charge in [-0.2, -0.15) is 4.98 Å². The lowest BCUT2D eigenvalue weighted by Gasteiger charge is -2.11. The van der Waals surface area contributed by atoms with Gasteiger partial charge in [0.25, 0.3) is 5.89 Å². The molecule has 0 radical (unpaired) electrons. The molecule has 5 rings (SSSR count). The van der Waals surface area contributed by atoms with Gasteiger partial charge in [-0.3, -0.25) is 0 Å². The predicted molar refractivity (Wildman–Crippen MR) is 99.4 cm³/mol. The number of aliphatic hydroxyl groups excluding tert-OH is 3. The molecule has 10 heteroatoms. The van der Waals surface area contributed by atoms with Crippen molar-refractivity contribution in [2.45, 2.75) is 24.4 Å². The van der Waals surface area contributed by atoms with Gasteiger partial charge in [-0.05, 0) is 24.3 Å². The van der Waals surface area contributed by atoms with Gasteiger partial charge in [0.15, 0.2) is 0 Å². The summed E-state index contributed by atoms with van der Waals surface area (Å²) in [5, 5.41) is 36.5. The van der Waals surface area contributed by atoms with Gasteiger partial charge in [-0.15, -0.1) is 11.3 Å². The van der Waals surface area contributed by atoms with Crippen LogP contribution in [0.15, 0.2) is 40.4 Å². The van der Waals surface area contributed by atoms with Gasteiger partial charge in [0, 0.05) is 28.0 Å². The molecule has 4 atom stereocenters. The van der Waals surface area contributed by atoms with Crippen molar-refractivity contribution < 1.29 is 24.6 Å². The van der Waals surface area contributed by atoms with E-state index in [1.165, 1.54) is 11.3 Å². The average Bonchev–Trinajstić information content (AvgIpc) is 3.49. The number of benzene rings is 1. The Morgan fingerprint density at radius 2 is 2.04 bits per heavy atom. The molecule has 144 valence electrons. The quantitative estimate of drug-likeness (QED) is 0.404. The minimum Gasteiger partial charge on any atom is -0.394 e. The van der Waals surface area contributed by atoms with Crippen molar-refractivity contribution in [2.75, 3.05) is 6.61 Å². The van der Waals surface area contributed by atoms with Gasteiger partial charge in [-0.1, -0.05) is 5.16 Å². The monoisotopic (exact) mass is 400 g/mol. The second-order valence-electron chi connectivity index (χ2n) is 6.53. The van der Waals surface area contributed by atoms with Crippen LogP contribution in [0, 0.1) is 0 Å². The van der Waals surface area contributed by atoms with E-state index in [0.29, 0.717) is 16.5 Å². The largest absolute Gasteiger partial charge is 0.394 e. The molecule has 0 amide bonds. The van der Waals surface area contributed by atoms with Crippen molar-refractivity contribution in [3.63, 3.8) is 0 Å². The van der Waals surface area contributed by atoms with Crippen LogP contribution < -0.4 is 0 Å². The number of rotatable bonds is 4. The first-order valence-corrected chi connectivity index (χ1v) is 9.51. The number of ether oxygens (including phenoxy) is 1. The van der Waals surface area contributed by atoms with E-state index in [1.807, 2.05) is 30.5 Å². The van der Waals surface area contributed by atoms with E-state index < -0.39 is 24.4 Å². The fourth-order valence-electron chi connectivity index (χ4n) is 3.26. The SMILES string of the molecule is OC[C@H]1O[C@@H](c2nc(-c3nc(-c4ccc5[nH]ccc5c4)no3)cs2)[C@H](O)[C@@H]1O. The summed E-state index contributed by atoms with van der Waals surface area (Å²) < 4.78 is 10.9. The lowest BCUT2D eigenvalue weighted by Crippen LogP contribution is -2.32. The van der Waals surface area contributed by atoms with Crippen LogP contribution in [-0.2, 0) is 4.74 Å². The van der Waals surface area contributed by atoms with Gasteiger partial charge in [0.05, 0.1) is 6.61 Å². The molecule has 0 bridgehead atoms. The molecule has 3 aromatic heterocycles. The maximum Gasteiger partial charge on any atom is 0.277 e. The van der Waals surface area contributed by atoms with Crippen molar-refractivity contribution in [1.82, 2.24) is 20.1 Å². The van der Waals surface area contributed by atoms with Gasteiger partial charge in [-0.25, -0.2) is 4.98 Å². The summed E-state index contributed by atoms with van der Waals surface area (Å²) >= 11 is 1.25. The zero-order chi connectivity index (χ0) is 19.3. The normalized spacial score (nSPS) is 25.0. The molecule has 28 heavy (non-hydrogen) atoms. The summed E-state index contributed by atoms with van der Waals surface area (Å²) in [4.78, 5) is 11.9. The Balaban J connectivity index is 1.41. The van der Waals surface area contributed by atoms with Gasteiger partial charge < -0.3 is 29.6 Å². The Kier molecular flexibility index (Phi) is 4.22. The van der Waals surface area contributed by atoms with Crippen LogP contribution in [0.2, 0.25) is 0 Å². The molecule has 0 spiro atoms. The minimum atomic E-state index is -1.17. The van der Waals surface area contributed by atoms with Crippen molar-refractivity contribution in [3.05, 3.63) is 40.8 Å². The summed E-state index contributed by atoms with van der Waals surface area (Å²) in [5.74, 6) is 0.693. The van der Waals surface area contributed by atoms with E-state index in [0.717, 1.165) is 16.5 Å². The maximum atomic E-state index is 10.1. The highest BCUT2D eigenvalue weighted by Crippen LogP contribution is 2.36. The van der Waals surface area contributed by atoms with Gasteiger partial charge in [0.1, 0.15) is 35.1 Å². The summed E-state index contributed by atoms with van der Waals surface area (Å²) in [6.45, 7) is -0.383. The number of nitrogens with one attached hydrogen (secondary N) is 1. The van der Waals surface area contributed by atoms with E-state index in [2.05, 4.69) is 20.1 Å². The molecular formula is C18H16N4O5S. The Bertz CT molecular complexity index is 1120. The Hall–Kier alpha value is -2.63. The highest BCUT2D eigenvalue weighted by Gasteiger charge is 2.44. The molecule has 0 aliphatic carbocycles. The van der Waals surface area contributed by atoms with Crippen LogP contribution in [0.3, 0.4) is 0 Å². The molecule has 1 fully saturated rings. The molecule has 1 aliphatic rings. The second-order valence-corrected chi connectivity index (χ2v) is 7.42. The van der Waals surface area contributed by atoms with Gasteiger partial charge >= 0.3 is 0 Å². The Morgan fingerprint density at radius 3 is 2.86 bits per heavy atom. The number of aromatic amines is 1. The Labute approximate surface area is 162 Å². The zero-order valence-corrected chi connectivity index (χ0v) is 15.2. The van der Waals surface area contributed by atoms with E-state index in [1.54, 1.807) is 5.38 Å². The van der Waals surface area contributed by atoms with Crippen LogP contribution in [0.25, 0.3) is 33.9 Å². The lowest BCUT2D eigenvalue weighted by molar-refractivity contribution is -0.0227. The van der Waals surface area contributed by atoms with E-state index in [4.69, 9.17) is 9.26 Å². The van der Waals surface area contributed by atoms with Gasteiger partial charge in [0.2, 0.25) is 5.82 Å². The molecule has 4 aromatic rings. The number of H-pyrrole nitrogens is 1. The second kappa shape index (κ2) is 6.76. The van der Waals surface area contributed by atoms with Crippen LogP contribution >= 0.6 is 11.3 Å². The third kappa shape index (κ3) is 2.82. The molecule has 1 aliphatic heterocycles. The zero-order valence-electron chi connectivity index (χ0n) is 14.4. The van der Waals surface area contributed by atoms with E-state index in [-0.39, 0.29) is 12.5 Å². The van der Waals surface area contributed by atoms with Crippen LogP contribution in [0.1, 0.15) is 11.1 Å². The number of aromatic nitrogens is 4. The summed E-state index contributed by atoms with van der Waals surface area (Å²) in [7, 11) is 0. The maximum absolute atomic E-state index is 10.1. The molecule has 0 saturated carbocycles. The van der Waals surface area contributed by atoms with E-state index >= 15 is 0 Å². The lowest BCUT2D eigenvalue weighted by atomic mass is 10.1. The summed E-state index contributed by atoms with van der Waals surface area (Å²) in [6.07, 6.45) is -2.12. The predicted octanol–water partition coefficient (Wildman–Crippen LogP) is 1.50. The van der Waals surface area contributed by atoms with Crippen molar-refractivity contribution in [3.8, 4) is 23.0 Å². The number of nitrogens with zero attached hydrogens (tertiary/aromatic N) is 3. The molecule has 4 N–H and O–H groups in total. The molecule has 1 saturated heterocycles. The van der Waals surface area contributed by atoms with Crippen molar-refractivity contribution in [2.24, 2.45) is 0 Å². The van der Waals surface area contributed by atoms with Crippen LogP contribution in [-0.4, -0.2) is 60.3 Å². The van der Waals surface area contributed by atoms with Crippen molar-refractivity contribution >= 4 is 22.2 Å². The molecule has 4 heterocycles. The topological polar surface area (TPSA) is 138 Å². The summed E-state index contributed by atoms with van der Waals surface area (Å²) in [6, 6.07) is 7.78. The fraction of sp³-hybridized carbons (Fsp3) is 0.278. The minimum absolute atomic E-state index is 0.249. The van der Waals surface area contributed by atoms with E-state index in [9.17, 15) is 15.3 Å². The third-order valence-electron chi connectivity index (χ3n) is 4.76. The molecule has 0 unspecified atom stereocenters. The first-order valence-electron chi connectivity index (χ1n) is 8.63. The highest BCUT2D eigenvalue weighted by molar-refractivity contribution is 7.10. The smallest absolute Gasteiger partial charge is 0.277 e. The average molecular weight is 400 g/mol. The summed E-state index contributed by atoms with van der Waals surface area (Å²) in [5.41, 5.74) is 2.30. The van der Waals surface area contributed by atoms with Crippen LogP contribution in [0.4, 0.5) is 0 Å². The molecule has 9 nitrogen and oxygen atoms in total. The number of hydrogen-bond acceptors (Lipinski definition) is 9. The fourth-order valence-corrected chi connectivity index (χ4v) is 4.12. The molecular weight excluding hydrogens is 384 g/mol. The van der Waals surface area contributed by atoms with Crippen LogP contribution in [0.5, 0.6) is 0 Å². The number of thiazole rings is 1. The molecule has 1 aromatic carbocycles. The Morgan fingerprint density at radius 1 is 1.14 bits per heavy atom. The highest BCUT2D eigenvalue weighted by atomic mass is 32.1. The first-order chi connectivity index (χ1) is 13.6. The number of aliphatic hydroxyl groups is 3.